The number of amides is 1. The molecule has 3 atom stereocenters. The highest BCUT2D eigenvalue weighted by molar-refractivity contribution is 5.93. The van der Waals surface area contributed by atoms with E-state index in [1.54, 1.807) is 26.8 Å². The molecular weight excluding hydrogens is 354 g/mol. The topological polar surface area (TPSA) is 91.4 Å². The van der Waals surface area contributed by atoms with Crippen LogP contribution in [0.3, 0.4) is 0 Å². The molecule has 1 aliphatic heterocycles. The van der Waals surface area contributed by atoms with Crippen LogP contribution < -0.4 is 0 Å². The number of nitrogens with zero attached hydrogens (tertiary/aromatic N) is 1. The van der Waals surface area contributed by atoms with E-state index < -0.39 is 40.9 Å². The molecule has 152 valence electrons. The first-order valence-corrected chi connectivity index (χ1v) is 8.96. The summed E-state index contributed by atoms with van der Waals surface area (Å²) in [5.41, 5.74) is -2.52. The highest BCUT2D eigenvalue weighted by Gasteiger charge is 2.60. The zero-order valence-electron chi connectivity index (χ0n) is 17.0. The van der Waals surface area contributed by atoms with Crippen molar-refractivity contribution in [2.24, 2.45) is 0 Å². The lowest BCUT2D eigenvalue weighted by atomic mass is 9.85. The maximum atomic E-state index is 12.9. The number of hydrogen-bond acceptors (Lipinski definition) is 7. The molecule has 1 aliphatic carbocycles. The highest BCUT2D eigenvalue weighted by atomic mass is 17.2. The van der Waals surface area contributed by atoms with Crippen LogP contribution in [0.25, 0.3) is 0 Å². The van der Waals surface area contributed by atoms with Crippen molar-refractivity contribution >= 4 is 17.8 Å². The Morgan fingerprint density at radius 1 is 1.15 bits per heavy atom. The van der Waals surface area contributed by atoms with Gasteiger partial charge in [0, 0.05) is 12.8 Å². The van der Waals surface area contributed by atoms with Crippen LogP contribution in [0.15, 0.2) is 12.2 Å². The Kier molecular flexibility index (Phi) is 5.73. The second kappa shape index (κ2) is 7.24. The summed E-state index contributed by atoms with van der Waals surface area (Å²) >= 11 is 0. The van der Waals surface area contributed by atoms with Crippen molar-refractivity contribution in [3.05, 3.63) is 12.2 Å². The predicted molar refractivity (Wildman–Crippen MR) is 95.7 cm³/mol. The fourth-order valence-electron chi connectivity index (χ4n) is 3.15. The second-order valence-corrected chi connectivity index (χ2v) is 8.88. The number of carbonyl (C=O) groups is 3. The third kappa shape index (κ3) is 4.87. The zero-order chi connectivity index (χ0) is 20.6. The molecule has 0 N–H and O–H groups in total. The molecular formula is C19H29NO7. The van der Waals surface area contributed by atoms with Crippen LogP contribution in [0.4, 0.5) is 4.79 Å². The summed E-state index contributed by atoms with van der Waals surface area (Å²) in [6, 6.07) is -1.69. The van der Waals surface area contributed by atoms with E-state index in [1.165, 1.54) is 18.1 Å². The lowest BCUT2D eigenvalue weighted by Gasteiger charge is -2.38. The Bertz CT molecular complexity index is 643. The molecule has 0 aromatic rings. The van der Waals surface area contributed by atoms with Gasteiger partial charge in [-0.05, 0) is 53.7 Å². The molecule has 0 aromatic heterocycles. The molecule has 2 rings (SSSR count). The first kappa shape index (κ1) is 21.4. The monoisotopic (exact) mass is 383 g/mol. The summed E-state index contributed by atoms with van der Waals surface area (Å²) in [5, 5.41) is 0. The quantitative estimate of drug-likeness (QED) is 0.420. The van der Waals surface area contributed by atoms with E-state index >= 15 is 0 Å². The van der Waals surface area contributed by atoms with Gasteiger partial charge in [-0.3, -0.25) is 9.69 Å². The molecule has 0 bridgehead atoms. The largest absolute Gasteiger partial charge is 0.467 e. The van der Waals surface area contributed by atoms with Crippen molar-refractivity contribution < 1.29 is 33.6 Å². The third-order valence-corrected chi connectivity index (χ3v) is 4.22. The van der Waals surface area contributed by atoms with Crippen LogP contribution in [0, 0.1) is 0 Å². The van der Waals surface area contributed by atoms with Crippen molar-refractivity contribution in [2.45, 2.75) is 83.3 Å². The van der Waals surface area contributed by atoms with Gasteiger partial charge in [0.05, 0.1) is 18.8 Å². The van der Waals surface area contributed by atoms with Crippen molar-refractivity contribution in [3.63, 3.8) is 0 Å². The Morgan fingerprint density at radius 3 is 2.30 bits per heavy atom. The normalized spacial score (nSPS) is 28.1. The SMILES string of the molecule is COC(=O)[C@H]1C[C@@]2(OOC(C)(C)C)C=CC(=O)C[C@H]2N1C(=O)OC(C)(C)C. The molecule has 0 spiro atoms. The van der Waals surface area contributed by atoms with Gasteiger partial charge in [-0.1, -0.05) is 0 Å². The van der Waals surface area contributed by atoms with Gasteiger partial charge in [0.15, 0.2) is 5.78 Å². The average Bonchev–Trinajstić information content (AvgIpc) is 2.85. The minimum absolute atomic E-state index is 0.00323. The van der Waals surface area contributed by atoms with E-state index in [2.05, 4.69) is 0 Å². The van der Waals surface area contributed by atoms with Crippen LogP contribution in [-0.4, -0.2) is 58.7 Å². The number of ether oxygens (including phenoxy) is 2. The number of likely N-dealkylation sites (tertiary alicyclic amines) is 1. The Labute approximate surface area is 159 Å². The summed E-state index contributed by atoms with van der Waals surface area (Å²) in [6.07, 6.45) is 2.36. The van der Waals surface area contributed by atoms with Crippen molar-refractivity contribution in [2.75, 3.05) is 7.11 Å². The third-order valence-electron chi connectivity index (χ3n) is 4.22. The molecule has 1 saturated heterocycles. The molecule has 1 heterocycles. The van der Waals surface area contributed by atoms with Crippen molar-refractivity contribution in [1.29, 1.82) is 0 Å². The number of esters is 1. The van der Waals surface area contributed by atoms with Crippen LogP contribution >= 0.6 is 0 Å². The van der Waals surface area contributed by atoms with Gasteiger partial charge in [0.2, 0.25) is 0 Å². The molecule has 27 heavy (non-hydrogen) atoms. The number of allylic oxidation sites excluding steroid dienone is 1. The Hall–Kier alpha value is -1.93. The van der Waals surface area contributed by atoms with E-state index in [0.717, 1.165) is 0 Å². The summed E-state index contributed by atoms with van der Waals surface area (Å²) in [7, 11) is 1.25. The van der Waals surface area contributed by atoms with Crippen LogP contribution in [-0.2, 0) is 28.8 Å². The van der Waals surface area contributed by atoms with E-state index in [-0.39, 0.29) is 18.6 Å². The van der Waals surface area contributed by atoms with Gasteiger partial charge < -0.3 is 9.47 Å². The van der Waals surface area contributed by atoms with Gasteiger partial charge in [0.25, 0.3) is 0 Å². The zero-order valence-corrected chi connectivity index (χ0v) is 17.0. The van der Waals surface area contributed by atoms with Crippen LogP contribution in [0.2, 0.25) is 0 Å². The number of methoxy groups -OCH3 is 1. The van der Waals surface area contributed by atoms with Gasteiger partial charge in [-0.25, -0.2) is 19.4 Å². The van der Waals surface area contributed by atoms with E-state index in [4.69, 9.17) is 19.2 Å². The van der Waals surface area contributed by atoms with Gasteiger partial charge >= 0.3 is 12.1 Å². The van der Waals surface area contributed by atoms with Crippen molar-refractivity contribution in [1.82, 2.24) is 4.90 Å². The van der Waals surface area contributed by atoms with E-state index in [0.29, 0.717) is 0 Å². The molecule has 2 aliphatic rings. The molecule has 0 aromatic carbocycles. The van der Waals surface area contributed by atoms with Gasteiger partial charge in [-0.2, -0.15) is 0 Å². The molecule has 1 amide bonds. The lowest BCUT2D eigenvalue weighted by Crippen LogP contribution is -2.53. The van der Waals surface area contributed by atoms with Gasteiger partial charge in [-0.15, -0.1) is 0 Å². The smallest absolute Gasteiger partial charge is 0.411 e. The molecule has 8 heteroatoms. The summed E-state index contributed by atoms with van der Waals surface area (Å²) in [4.78, 5) is 49.8. The first-order chi connectivity index (χ1) is 12.3. The number of ketones is 1. The Balaban J connectivity index is 2.43. The minimum Gasteiger partial charge on any atom is -0.467 e. The molecule has 0 radical (unpaired) electrons. The predicted octanol–water partition coefficient (Wildman–Crippen LogP) is 2.55. The van der Waals surface area contributed by atoms with Crippen LogP contribution in [0.1, 0.15) is 54.4 Å². The van der Waals surface area contributed by atoms with Crippen molar-refractivity contribution in [3.8, 4) is 0 Å². The summed E-state index contributed by atoms with van der Waals surface area (Å²) in [5.74, 6) is -0.774. The maximum Gasteiger partial charge on any atom is 0.411 e. The first-order valence-electron chi connectivity index (χ1n) is 8.96. The minimum atomic E-state index is -1.14. The molecule has 8 nitrogen and oxygen atoms in total. The standard InChI is InChI=1S/C19H29NO7/c1-17(2,3)25-16(23)20-13(15(22)24-7)11-19(27-26-18(4,5)6)9-8-12(21)10-14(19)20/h8-9,13-14H,10-11H2,1-7H3/t13-,14-,19+/m1/s1. The number of hydrogen-bond donors (Lipinski definition) is 0. The fraction of sp³-hybridized carbons (Fsp3) is 0.737. The molecule has 0 unspecified atom stereocenters. The maximum absolute atomic E-state index is 12.9. The molecule has 0 saturated carbocycles. The summed E-state index contributed by atoms with van der Waals surface area (Å²) < 4.78 is 10.3. The number of rotatable bonds is 3. The van der Waals surface area contributed by atoms with E-state index in [9.17, 15) is 14.4 Å². The fourth-order valence-corrected chi connectivity index (χ4v) is 3.15. The Morgan fingerprint density at radius 2 is 1.78 bits per heavy atom. The second-order valence-electron chi connectivity index (χ2n) is 8.88. The number of carbonyl (C=O) groups excluding carboxylic acids is 3. The molecule has 1 fully saturated rings. The van der Waals surface area contributed by atoms with E-state index in [1.807, 2.05) is 20.8 Å². The summed E-state index contributed by atoms with van der Waals surface area (Å²) in [6.45, 7) is 10.6. The number of fused-ring (bicyclic) bond motifs is 1. The van der Waals surface area contributed by atoms with Gasteiger partial charge in [0.1, 0.15) is 17.2 Å². The van der Waals surface area contributed by atoms with Crippen LogP contribution in [0.5, 0.6) is 0 Å². The lowest BCUT2D eigenvalue weighted by molar-refractivity contribution is -0.396. The average molecular weight is 383 g/mol. The highest BCUT2D eigenvalue weighted by Crippen LogP contribution is 2.43.